The van der Waals surface area contributed by atoms with Crippen LogP contribution in [0.2, 0.25) is 0 Å². The first kappa shape index (κ1) is 14.1. The Balaban J connectivity index is 1.51. The summed E-state index contributed by atoms with van der Waals surface area (Å²) in [6.07, 6.45) is 5.83. The molecule has 0 atom stereocenters. The van der Waals surface area contributed by atoms with Crippen LogP contribution < -0.4 is 10.1 Å². The maximum atomic E-state index is 12.2. The molecule has 0 bridgehead atoms. The van der Waals surface area contributed by atoms with Crippen molar-refractivity contribution >= 4 is 12.0 Å². The molecule has 0 spiro atoms. The maximum Gasteiger partial charge on any atom is 0.250 e. The van der Waals surface area contributed by atoms with Crippen LogP contribution >= 0.6 is 0 Å². The van der Waals surface area contributed by atoms with Crippen LogP contribution in [0.15, 0.2) is 29.8 Å². The van der Waals surface area contributed by atoms with E-state index < -0.39 is 0 Å². The van der Waals surface area contributed by atoms with Gasteiger partial charge in [-0.15, -0.1) is 0 Å². The summed E-state index contributed by atoms with van der Waals surface area (Å²) in [5.74, 6) is 0.837. The van der Waals surface area contributed by atoms with Crippen molar-refractivity contribution in [3.63, 3.8) is 0 Å². The van der Waals surface area contributed by atoms with Gasteiger partial charge in [-0.25, -0.2) is 0 Å². The van der Waals surface area contributed by atoms with Gasteiger partial charge in [-0.3, -0.25) is 4.79 Å². The highest BCUT2D eigenvalue weighted by Crippen LogP contribution is 2.25. The molecule has 0 aliphatic carbocycles. The van der Waals surface area contributed by atoms with Crippen molar-refractivity contribution in [3.05, 3.63) is 35.4 Å². The van der Waals surface area contributed by atoms with Crippen molar-refractivity contribution < 1.29 is 9.53 Å². The van der Waals surface area contributed by atoms with Crippen molar-refractivity contribution in [2.45, 2.75) is 19.3 Å². The number of likely N-dealkylation sites (tertiary alicyclic amines) is 1. The van der Waals surface area contributed by atoms with E-state index in [4.69, 9.17) is 4.74 Å². The standard InChI is InChI=1S/C17H22N2O2/c20-17(18-8-11-19-9-4-1-5-10-19)15-12-14-6-2-3-7-16(14)21-13-15/h2-3,6-7,12H,1,4-5,8-11,13H2,(H,18,20). The lowest BCUT2D eigenvalue weighted by Crippen LogP contribution is -2.38. The third-order valence-electron chi connectivity index (χ3n) is 4.09. The summed E-state index contributed by atoms with van der Waals surface area (Å²) in [4.78, 5) is 14.6. The molecular weight excluding hydrogens is 264 g/mol. The highest BCUT2D eigenvalue weighted by atomic mass is 16.5. The molecule has 2 aliphatic heterocycles. The lowest BCUT2D eigenvalue weighted by Gasteiger charge is -2.26. The van der Waals surface area contributed by atoms with Crippen molar-refractivity contribution in [1.29, 1.82) is 0 Å². The fourth-order valence-corrected chi connectivity index (χ4v) is 2.87. The minimum absolute atomic E-state index is 0.0125. The number of benzene rings is 1. The van der Waals surface area contributed by atoms with Crippen molar-refractivity contribution in [2.75, 3.05) is 32.8 Å². The molecule has 4 heteroatoms. The highest BCUT2D eigenvalue weighted by Gasteiger charge is 2.17. The van der Waals surface area contributed by atoms with E-state index in [2.05, 4.69) is 10.2 Å². The molecule has 0 aromatic heterocycles. The second-order valence-electron chi connectivity index (χ2n) is 5.65. The average Bonchev–Trinajstić information content (AvgIpc) is 2.55. The monoisotopic (exact) mass is 286 g/mol. The summed E-state index contributed by atoms with van der Waals surface area (Å²) >= 11 is 0. The Morgan fingerprint density at radius 3 is 2.86 bits per heavy atom. The SMILES string of the molecule is O=C(NCCN1CCCCC1)C1=Cc2ccccc2OC1. The van der Waals surface area contributed by atoms with Gasteiger partial charge >= 0.3 is 0 Å². The van der Waals surface area contributed by atoms with Crippen LogP contribution in [0.4, 0.5) is 0 Å². The van der Waals surface area contributed by atoms with Crippen molar-refractivity contribution in [2.24, 2.45) is 0 Å². The van der Waals surface area contributed by atoms with Gasteiger partial charge in [0.05, 0.1) is 5.57 Å². The molecule has 1 N–H and O–H groups in total. The Bertz CT molecular complexity index is 533. The Hall–Kier alpha value is -1.81. The molecule has 1 amide bonds. The topological polar surface area (TPSA) is 41.6 Å². The van der Waals surface area contributed by atoms with Crippen LogP contribution in [0, 0.1) is 0 Å². The van der Waals surface area contributed by atoms with Crippen molar-refractivity contribution in [3.8, 4) is 5.75 Å². The van der Waals surface area contributed by atoms with Crippen LogP contribution in [0.1, 0.15) is 24.8 Å². The first-order valence-corrected chi connectivity index (χ1v) is 7.76. The highest BCUT2D eigenvalue weighted by molar-refractivity contribution is 5.99. The van der Waals surface area contributed by atoms with Gasteiger partial charge in [-0.05, 0) is 38.1 Å². The van der Waals surface area contributed by atoms with E-state index in [9.17, 15) is 4.79 Å². The van der Waals surface area contributed by atoms with E-state index in [1.165, 1.54) is 19.3 Å². The Morgan fingerprint density at radius 1 is 1.19 bits per heavy atom. The van der Waals surface area contributed by atoms with Gasteiger partial charge < -0.3 is 15.0 Å². The van der Waals surface area contributed by atoms with Gasteiger partial charge in [0.25, 0.3) is 5.91 Å². The Labute approximate surface area is 125 Å². The number of hydrogen-bond acceptors (Lipinski definition) is 3. The molecule has 1 saturated heterocycles. The quantitative estimate of drug-likeness (QED) is 0.921. The van der Waals surface area contributed by atoms with Crippen LogP contribution in [-0.4, -0.2) is 43.6 Å². The number of ether oxygens (including phenoxy) is 1. The fourth-order valence-electron chi connectivity index (χ4n) is 2.87. The number of hydrogen-bond donors (Lipinski definition) is 1. The van der Waals surface area contributed by atoms with E-state index in [1.807, 2.05) is 30.3 Å². The third-order valence-corrected chi connectivity index (χ3v) is 4.09. The molecule has 4 nitrogen and oxygen atoms in total. The predicted molar refractivity (Wildman–Crippen MR) is 83.2 cm³/mol. The zero-order valence-corrected chi connectivity index (χ0v) is 12.3. The van der Waals surface area contributed by atoms with Gasteiger partial charge in [-0.1, -0.05) is 24.6 Å². The normalized spacial score (nSPS) is 18.4. The number of piperidine rings is 1. The van der Waals surface area contributed by atoms with Crippen LogP contribution in [0.25, 0.3) is 6.08 Å². The van der Waals surface area contributed by atoms with Crippen LogP contribution in [0.3, 0.4) is 0 Å². The number of nitrogens with zero attached hydrogens (tertiary/aromatic N) is 1. The molecule has 112 valence electrons. The minimum atomic E-state index is -0.0125. The van der Waals surface area contributed by atoms with Gasteiger partial charge in [0, 0.05) is 18.7 Å². The van der Waals surface area contributed by atoms with Crippen molar-refractivity contribution in [1.82, 2.24) is 10.2 Å². The first-order chi connectivity index (χ1) is 10.3. The maximum absolute atomic E-state index is 12.2. The van der Waals surface area contributed by atoms with Crippen LogP contribution in [0.5, 0.6) is 5.75 Å². The second-order valence-corrected chi connectivity index (χ2v) is 5.65. The summed E-state index contributed by atoms with van der Waals surface area (Å²) in [7, 11) is 0. The zero-order chi connectivity index (χ0) is 14.5. The molecule has 0 radical (unpaired) electrons. The number of amides is 1. The molecule has 0 saturated carbocycles. The Kier molecular flexibility index (Phi) is 4.55. The fraction of sp³-hybridized carbons (Fsp3) is 0.471. The second kappa shape index (κ2) is 6.76. The summed E-state index contributed by atoms with van der Waals surface area (Å²) in [5.41, 5.74) is 1.68. The van der Waals surface area contributed by atoms with E-state index >= 15 is 0 Å². The lowest BCUT2D eigenvalue weighted by atomic mass is 10.1. The molecule has 1 aromatic carbocycles. The molecule has 0 unspecified atom stereocenters. The molecule has 1 aromatic rings. The smallest absolute Gasteiger partial charge is 0.250 e. The molecule has 1 fully saturated rings. The van der Waals surface area contributed by atoms with E-state index in [0.29, 0.717) is 18.7 Å². The first-order valence-electron chi connectivity index (χ1n) is 7.76. The summed E-state index contributed by atoms with van der Waals surface area (Å²) in [5, 5.41) is 3.00. The number of nitrogens with one attached hydrogen (secondary N) is 1. The summed E-state index contributed by atoms with van der Waals surface area (Å²) < 4.78 is 5.61. The minimum Gasteiger partial charge on any atom is -0.488 e. The zero-order valence-electron chi connectivity index (χ0n) is 12.3. The largest absolute Gasteiger partial charge is 0.488 e. The third kappa shape index (κ3) is 3.64. The van der Waals surface area contributed by atoms with Gasteiger partial charge in [0.1, 0.15) is 12.4 Å². The lowest BCUT2D eigenvalue weighted by molar-refractivity contribution is -0.117. The number of para-hydroxylation sites is 1. The molecule has 2 aliphatic rings. The number of fused-ring (bicyclic) bond motifs is 1. The number of carbonyl (C=O) groups is 1. The van der Waals surface area contributed by atoms with E-state index in [0.717, 1.165) is 30.9 Å². The molecule has 3 rings (SSSR count). The van der Waals surface area contributed by atoms with Gasteiger partial charge in [-0.2, -0.15) is 0 Å². The van der Waals surface area contributed by atoms with Gasteiger partial charge in [0.15, 0.2) is 0 Å². The Morgan fingerprint density at radius 2 is 2.00 bits per heavy atom. The predicted octanol–water partition coefficient (Wildman–Crippen LogP) is 2.06. The summed E-state index contributed by atoms with van der Waals surface area (Å²) in [6.45, 7) is 4.32. The molecule has 2 heterocycles. The average molecular weight is 286 g/mol. The number of carbonyl (C=O) groups excluding carboxylic acids is 1. The molecular formula is C17H22N2O2. The number of rotatable bonds is 4. The van der Waals surface area contributed by atoms with Crippen LogP contribution in [-0.2, 0) is 4.79 Å². The van der Waals surface area contributed by atoms with E-state index in [1.54, 1.807) is 0 Å². The van der Waals surface area contributed by atoms with E-state index in [-0.39, 0.29) is 5.91 Å². The van der Waals surface area contributed by atoms with Gasteiger partial charge in [0.2, 0.25) is 0 Å². The summed E-state index contributed by atoms with van der Waals surface area (Å²) in [6, 6.07) is 7.79. The molecule has 21 heavy (non-hydrogen) atoms.